The zero-order valence-electron chi connectivity index (χ0n) is 10.4. The van der Waals surface area contributed by atoms with Crippen LogP contribution >= 0.6 is 0 Å². The van der Waals surface area contributed by atoms with Gasteiger partial charge in [0, 0.05) is 0 Å². The molecule has 0 N–H and O–H groups in total. The number of hydrogen-bond acceptors (Lipinski definition) is 0. The van der Waals surface area contributed by atoms with Gasteiger partial charge in [0.05, 0.1) is 0 Å². The Morgan fingerprint density at radius 1 is 1.06 bits per heavy atom. The Bertz CT molecular complexity index is 406. The zero-order chi connectivity index (χ0) is 11.6. The van der Waals surface area contributed by atoms with Crippen LogP contribution in [-0.4, -0.2) is 25.8 Å². The predicted molar refractivity (Wildman–Crippen MR) is 75.1 cm³/mol. The summed E-state index contributed by atoms with van der Waals surface area (Å²) in [5.41, 5.74) is 0. The minimum atomic E-state index is -1.32. The molecule has 0 radical (unpaired) electrons. The molecule has 0 saturated heterocycles. The second kappa shape index (κ2) is 4.41. The van der Waals surface area contributed by atoms with Crippen molar-refractivity contribution >= 4 is 31.0 Å². The van der Waals surface area contributed by atoms with Gasteiger partial charge < -0.3 is 0 Å². The molecule has 0 nitrogen and oxygen atoms in total. The first kappa shape index (κ1) is 12.0. The van der Waals surface area contributed by atoms with E-state index in [4.69, 9.17) is 0 Å². The van der Waals surface area contributed by atoms with Crippen molar-refractivity contribution in [2.45, 2.75) is 23.2 Å². The molecule has 0 bridgehead atoms. The van der Waals surface area contributed by atoms with Crippen molar-refractivity contribution in [1.82, 2.24) is 0 Å². The van der Waals surface area contributed by atoms with E-state index in [2.05, 4.69) is 85.4 Å². The van der Waals surface area contributed by atoms with E-state index < -0.39 is 8.07 Å². The number of allylic oxidation sites excluding steroid dienone is 4. The van der Waals surface area contributed by atoms with Gasteiger partial charge in [-0.15, -0.1) is 0 Å². The van der Waals surface area contributed by atoms with E-state index >= 15 is 0 Å². The van der Waals surface area contributed by atoms with Crippen molar-refractivity contribution in [2.75, 3.05) is 0 Å². The van der Waals surface area contributed by atoms with Gasteiger partial charge in [0.15, 0.2) is 0 Å². The molecule has 0 unspecified atom stereocenters. The van der Waals surface area contributed by atoms with Crippen LogP contribution in [0.5, 0.6) is 0 Å². The molecule has 1 aliphatic carbocycles. The molecule has 0 atom stereocenters. The molecule has 0 amide bonds. The third-order valence-electron chi connectivity index (χ3n) is 3.44. The van der Waals surface area contributed by atoms with Crippen molar-refractivity contribution in [3.63, 3.8) is 0 Å². The molecule has 0 fully saturated rings. The molecule has 78 valence electrons. The summed E-state index contributed by atoms with van der Waals surface area (Å²) in [6.45, 7) is 4.93. The number of rotatable bonds is 3. The molecule has 0 heterocycles. The standard InChI is InChI=1S/C14H17Si.Li/c1-15(2,12-13-8-6-7-9-13)14-10-4-3-5-11-14;/h3-11H,12H2,1-2H3;. The molecule has 2 heteroatoms. The first-order valence-electron chi connectivity index (χ1n) is 5.95. The maximum atomic E-state index is 2.47. The fraction of sp³-hybridized carbons (Fsp3) is 0.286. The summed E-state index contributed by atoms with van der Waals surface area (Å²) in [6.07, 6.45) is 9.03. The Morgan fingerprint density at radius 3 is 2.19 bits per heavy atom. The number of hydrogen-bond donors (Lipinski definition) is 0. The molecular weight excluding hydrogens is 203 g/mol. The Morgan fingerprint density at radius 2 is 1.62 bits per heavy atom. The van der Waals surface area contributed by atoms with Crippen LogP contribution in [0.2, 0.25) is 23.2 Å². The van der Waals surface area contributed by atoms with Crippen LogP contribution in [0.1, 0.15) is 0 Å². The summed E-state index contributed by atoms with van der Waals surface area (Å²) in [5, 5.41) is 1.56. The average Bonchev–Trinajstić information content (AvgIpc) is 2.65. The molecule has 0 saturated carbocycles. The van der Waals surface area contributed by atoms with Crippen molar-refractivity contribution in [1.29, 1.82) is 0 Å². The van der Waals surface area contributed by atoms with E-state index in [9.17, 15) is 0 Å². The third-order valence-corrected chi connectivity index (χ3v) is 6.99. The second-order valence-corrected chi connectivity index (χ2v) is 10.3. The second-order valence-electron chi connectivity index (χ2n) is 5.65. The van der Waals surface area contributed by atoms with Gasteiger partial charge >= 0.3 is 109 Å². The molecule has 1 aromatic carbocycles. The van der Waals surface area contributed by atoms with Gasteiger partial charge in [-0.3, -0.25) is 0 Å². The first-order chi connectivity index (χ1) is 7.52. The van der Waals surface area contributed by atoms with E-state index in [1.54, 1.807) is 5.19 Å². The van der Waals surface area contributed by atoms with Crippen LogP contribution in [-0.2, 0) is 0 Å². The van der Waals surface area contributed by atoms with Gasteiger partial charge in [-0.1, -0.05) is 0 Å². The Labute approximate surface area is 109 Å². The van der Waals surface area contributed by atoms with E-state index in [0.29, 0.717) is 0 Å². The van der Waals surface area contributed by atoms with Crippen molar-refractivity contribution in [3.8, 4) is 0 Å². The SMILES string of the molecule is [Li][C]1(C[Si](C)(C)c2ccccc2)C=CC=C1. The van der Waals surface area contributed by atoms with Gasteiger partial charge in [-0.05, 0) is 0 Å². The molecule has 0 aliphatic heterocycles. The van der Waals surface area contributed by atoms with Gasteiger partial charge in [0.1, 0.15) is 0 Å². The Hall–Kier alpha value is -0.486. The summed E-state index contributed by atoms with van der Waals surface area (Å²) in [4.78, 5) is 0. The van der Waals surface area contributed by atoms with Crippen molar-refractivity contribution < 1.29 is 0 Å². The van der Waals surface area contributed by atoms with Crippen LogP contribution in [0.15, 0.2) is 54.6 Å². The summed E-state index contributed by atoms with van der Waals surface area (Å²) >= 11 is 2.34. The van der Waals surface area contributed by atoms with Crippen molar-refractivity contribution in [2.24, 2.45) is 0 Å². The third kappa shape index (κ3) is 2.60. The summed E-state index contributed by atoms with van der Waals surface area (Å²) < 4.78 is 0.283. The molecule has 0 spiro atoms. The van der Waals surface area contributed by atoms with Crippen molar-refractivity contribution in [3.05, 3.63) is 54.6 Å². The summed E-state index contributed by atoms with van der Waals surface area (Å²) in [7, 11) is -1.32. The molecule has 2 rings (SSSR count). The fourth-order valence-corrected chi connectivity index (χ4v) is 6.11. The molecule has 1 aromatic rings. The van der Waals surface area contributed by atoms with Crippen LogP contribution < -0.4 is 5.19 Å². The van der Waals surface area contributed by atoms with E-state index in [1.165, 1.54) is 6.04 Å². The quantitative estimate of drug-likeness (QED) is 0.687. The maximum absolute atomic E-state index is 2.47. The first-order valence-corrected chi connectivity index (χ1v) is 9.15. The summed E-state index contributed by atoms with van der Waals surface area (Å²) in [5.74, 6) is 0. The Balaban J connectivity index is 2.21. The minimum absolute atomic E-state index is 0.283. The van der Waals surface area contributed by atoms with Gasteiger partial charge in [0.2, 0.25) is 0 Å². The predicted octanol–water partition coefficient (Wildman–Crippen LogP) is 3.06. The van der Waals surface area contributed by atoms with Gasteiger partial charge in [0.25, 0.3) is 0 Å². The Kier molecular flexibility index (Phi) is 3.30. The zero-order valence-corrected chi connectivity index (χ0v) is 11.4. The average molecular weight is 220 g/mol. The fourth-order valence-electron chi connectivity index (χ4n) is 2.67. The van der Waals surface area contributed by atoms with Crippen LogP contribution in [0, 0.1) is 0 Å². The summed E-state index contributed by atoms with van der Waals surface area (Å²) in [6, 6.07) is 12.3. The van der Waals surface area contributed by atoms with Crippen LogP contribution in [0.25, 0.3) is 0 Å². The van der Waals surface area contributed by atoms with Crippen LogP contribution in [0.4, 0.5) is 0 Å². The normalized spacial score (nSPS) is 18.0. The number of benzene rings is 1. The molecule has 0 aromatic heterocycles. The van der Waals surface area contributed by atoms with E-state index in [-0.39, 0.29) is 4.09 Å². The van der Waals surface area contributed by atoms with Gasteiger partial charge in [-0.25, -0.2) is 0 Å². The van der Waals surface area contributed by atoms with Crippen LogP contribution in [0.3, 0.4) is 0 Å². The molecular formula is C14H17LiSi. The van der Waals surface area contributed by atoms with Gasteiger partial charge in [-0.2, -0.15) is 0 Å². The topological polar surface area (TPSA) is 0 Å². The molecule has 16 heavy (non-hydrogen) atoms. The molecule has 1 aliphatic rings. The monoisotopic (exact) mass is 220 g/mol. The van der Waals surface area contributed by atoms with E-state index in [1.807, 2.05) is 0 Å². The van der Waals surface area contributed by atoms with E-state index in [0.717, 1.165) is 0 Å².